The minimum atomic E-state index is -0.429. The van der Waals surface area contributed by atoms with Crippen molar-refractivity contribution in [3.05, 3.63) is 81.8 Å². The van der Waals surface area contributed by atoms with Gasteiger partial charge in [0.1, 0.15) is 18.2 Å². The minimum absolute atomic E-state index is 0.0772. The molecule has 0 unspecified atom stereocenters. The molecule has 0 atom stereocenters. The molecule has 2 aromatic carbocycles. The fourth-order valence-corrected chi connectivity index (χ4v) is 4.50. The van der Waals surface area contributed by atoms with Gasteiger partial charge in [-0.1, -0.05) is 36.0 Å². The molecule has 0 saturated carbocycles. The first-order valence-electron chi connectivity index (χ1n) is 8.81. The normalized spacial score (nSPS) is 12.1. The van der Waals surface area contributed by atoms with Crippen LogP contribution in [-0.2, 0) is 11.3 Å². The van der Waals surface area contributed by atoms with Crippen molar-refractivity contribution < 1.29 is 4.79 Å². The summed E-state index contributed by atoms with van der Waals surface area (Å²) < 4.78 is 1.38. The summed E-state index contributed by atoms with van der Waals surface area (Å²) in [6.07, 6.45) is 0. The molecule has 2 heterocycles. The molecular formula is C22H17N3O2S. The van der Waals surface area contributed by atoms with E-state index in [-0.39, 0.29) is 18.0 Å². The quantitative estimate of drug-likeness (QED) is 0.662. The Morgan fingerprint density at radius 3 is 2.18 bits per heavy atom. The van der Waals surface area contributed by atoms with E-state index in [1.165, 1.54) is 4.57 Å². The average Bonchev–Trinajstić information content (AvgIpc) is 2.69. The van der Waals surface area contributed by atoms with E-state index in [1.54, 1.807) is 36.6 Å². The predicted octanol–water partition coefficient (Wildman–Crippen LogP) is 4.17. The number of pyridine rings is 1. The number of aromatic nitrogens is 1. The number of hydrogen-bond acceptors (Lipinski definition) is 4. The van der Waals surface area contributed by atoms with E-state index in [0.29, 0.717) is 11.3 Å². The number of para-hydroxylation sites is 2. The summed E-state index contributed by atoms with van der Waals surface area (Å²) in [5, 5.41) is 9.30. The number of amides is 1. The van der Waals surface area contributed by atoms with Crippen molar-refractivity contribution >= 4 is 29.0 Å². The summed E-state index contributed by atoms with van der Waals surface area (Å²) in [5.41, 5.74) is 2.53. The third-order valence-electron chi connectivity index (χ3n) is 4.79. The summed E-state index contributed by atoms with van der Waals surface area (Å²) in [6, 6.07) is 19.2. The van der Waals surface area contributed by atoms with Gasteiger partial charge in [-0.15, -0.1) is 0 Å². The maximum atomic E-state index is 13.4. The van der Waals surface area contributed by atoms with Crippen LogP contribution in [0.3, 0.4) is 0 Å². The van der Waals surface area contributed by atoms with Crippen molar-refractivity contribution in [2.24, 2.45) is 0 Å². The highest BCUT2D eigenvalue weighted by atomic mass is 32.2. The van der Waals surface area contributed by atoms with Crippen LogP contribution in [-0.4, -0.2) is 10.5 Å². The third-order valence-corrected chi connectivity index (χ3v) is 5.92. The molecule has 1 aromatic heterocycles. The van der Waals surface area contributed by atoms with Gasteiger partial charge in [0.2, 0.25) is 0 Å². The van der Waals surface area contributed by atoms with Gasteiger partial charge in [-0.05, 0) is 49.7 Å². The topological polar surface area (TPSA) is 66.1 Å². The van der Waals surface area contributed by atoms with Crippen LogP contribution in [0.1, 0.15) is 16.8 Å². The first-order valence-corrected chi connectivity index (χ1v) is 9.63. The van der Waals surface area contributed by atoms with E-state index in [0.717, 1.165) is 21.2 Å². The highest BCUT2D eigenvalue weighted by Crippen LogP contribution is 2.47. The second kappa shape index (κ2) is 7.02. The molecule has 6 heteroatoms. The van der Waals surface area contributed by atoms with Gasteiger partial charge in [0.25, 0.3) is 11.5 Å². The lowest BCUT2D eigenvalue weighted by molar-refractivity contribution is -0.118. The Bertz CT molecular complexity index is 1160. The summed E-state index contributed by atoms with van der Waals surface area (Å²) in [4.78, 5) is 29.7. The van der Waals surface area contributed by atoms with Gasteiger partial charge in [-0.2, -0.15) is 5.26 Å². The number of nitriles is 1. The third kappa shape index (κ3) is 2.90. The molecule has 3 aromatic rings. The maximum absolute atomic E-state index is 13.4. The molecule has 0 radical (unpaired) electrons. The van der Waals surface area contributed by atoms with Crippen molar-refractivity contribution in [2.75, 3.05) is 4.90 Å². The molecule has 5 nitrogen and oxygen atoms in total. The molecule has 1 aliphatic rings. The van der Waals surface area contributed by atoms with Crippen molar-refractivity contribution in [1.29, 1.82) is 5.26 Å². The summed E-state index contributed by atoms with van der Waals surface area (Å²) in [5.74, 6) is -0.224. The SMILES string of the molecule is Cc1cc(C)n(CC(=O)N2c3ccccc3Sc3ccccc32)c(=O)c1C#N. The van der Waals surface area contributed by atoms with Gasteiger partial charge in [0.05, 0.1) is 11.4 Å². The zero-order valence-electron chi connectivity index (χ0n) is 15.5. The molecule has 0 bridgehead atoms. The first kappa shape index (κ1) is 18.1. The smallest absolute Gasteiger partial charge is 0.269 e. The number of benzene rings is 2. The van der Waals surface area contributed by atoms with E-state index in [9.17, 15) is 14.9 Å². The van der Waals surface area contributed by atoms with E-state index in [1.807, 2.05) is 54.6 Å². The minimum Gasteiger partial charge on any atom is -0.302 e. The molecule has 138 valence electrons. The number of fused-ring (bicyclic) bond motifs is 2. The Kier molecular flexibility index (Phi) is 4.54. The Morgan fingerprint density at radius 2 is 1.61 bits per heavy atom. The molecule has 0 N–H and O–H groups in total. The molecule has 0 saturated heterocycles. The van der Waals surface area contributed by atoms with Crippen molar-refractivity contribution in [2.45, 2.75) is 30.2 Å². The lowest BCUT2D eigenvalue weighted by Gasteiger charge is -2.31. The van der Waals surface area contributed by atoms with E-state index in [2.05, 4.69) is 0 Å². The van der Waals surface area contributed by atoms with Crippen LogP contribution in [0.2, 0.25) is 0 Å². The van der Waals surface area contributed by atoms with Crippen LogP contribution in [0.15, 0.2) is 69.2 Å². The summed E-state index contributed by atoms with van der Waals surface area (Å²) >= 11 is 1.62. The van der Waals surface area contributed by atoms with Gasteiger partial charge in [0.15, 0.2) is 0 Å². The van der Waals surface area contributed by atoms with E-state index < -0.39 is 5.56 Å². The van der Waals surface area contributed by atoms with Crippen LogP contribution in [0.4, 0.5) is 11.4 Å². The van der Waals surface area contributed by atoms with Crippen LogP contribution in [0, 0.1) is 25.2 Å². The first-order chi connectivity index (χ1) is 13.5. The van der Waals surface area contributed by atoms with Gasteiger partial charge < -0.3 is 4.57 Å². The van der Waals surface area contributed by atoms with Crippen LogP contribution in [0.25, 0.3) is 0 Å². The van der Waals surface area contributed by atoms with Crippen molar-refractivity contribution in [3.8, 4) is 6.07 Å². The standard InChI is InChI=1S/C22H17N3O2S/c1-14-11-15(2)24(22(27)16(14)12-23)13-21(26)25-17-7-3-5-9-19(17)28-20-10-6-4-8-18(20)25/h3-11H,13H2,1-2H3. The number of carbonyl (C=O) groups excluding carboxylic acids is 1. The molecule has 0 fully saturated rings. The van der Waals surface area contributed by atoms with E-state index in [4.69, 9.17) is 0 Å². The Labute approximate surface area is 166 Å². The van der Waals surface area contributed by atoms with Crippen LogP contribution >= 0.6 is 11.8 Å². The zero-order chi connectivity index (χ0) is 19.8. The molecule has 0 aliphatic carbocycles. The highest BCUT2D eigenvalue weighted by molar-refractivity contribution is 7.99. The summed E-state index contributed by atoms with van der Waals surface area (Å²) in [6.45, 7) is 3.37. The van der Waals surface area contributed by atoms with Crippen molar-refractivity contribution in [3.63, 3.8) is 0 Å². The van der Waals surface area contributed by atoms with Crippen LogP contribution in [0.5, 0.6) is 0 Å². The lowest BCUT2D eigenvalue weighted by Crippen LogP contribution is -2.36. The Balaban J connectivity index is 1.81. The average molecular weight is 387 g/mol. The molecule has 0 spiro atoms. The predicted molar refractivity (Wildman–Crippen MR) is 109 cm³/mol. The van der Waals surface area contributed by atoms with E-state index >= 15 is 0 Å². The Morgan fingerprint density at radius 1 is 1.04 bits per heavy atom. The zero-order valence-corrected chi connectivity index (χ0v) is 16.3. The lowest BCUT2D eigenvalue weighted by atomic mass is 10.1. The molecule has 4 rings (SSSR count). The van der Waals surface area contributed by atoms with Gasteiger partial charge in [0, 0.05) is 15.5 Å². The largest absolute Gasteiger partial charge is 0.302 e. The van der Waals surface area contributed by atoms with Gasteiger partial charge in [-0.25, -0.2) is 0 Å². The number of aryl methyl sites for hydroxylation is 2. The Hall–Kier alpha value is -3.30. The number of hydrogen-bond donors (Lipinski definition) is 0. The number of anilines is 2. The van der Waals surface area contributed by atoms with Crippen molar-refractivity contribution in [1.82, 2.24) is 4.57 Å². The number of rotatable bonds is 2. The number of nitrogens with zero attached hydrogens (tertiary/aromatic N) is 3. The molecule has 1 aliphatic heterocycles. The van der Waals surface area contributed by atoms with Gasteiger partial charge in [-0.3, -0.25) is 14.5 Å². The fourth-order valence-electron chi connectivity index (χ4n) is 3.44. The number of carbonyl (C=O) groups is 1. The monoisotopic (exact) mass is 387 g/mol. The molecule has 1 amide bonds. The second-order valence-electron chi connectivity index (χ2n) is 6.61. The second-order valence-corrected chi connectivity index (χ2v) is 7.70. The molecule has 28 heavy (non-hydrogen) atoms. The fraction of sp³-hybridized carbons (Fsp3) is 0.136. The highest BCUT2D eigenvalue weighted by Gasteiger charge is 2.28. The summed E-state index contributed by atoms with van der Waals surface area (Å²) in [7, 11) is 0. The van der Waals surface area contributed by atoms with Crippen LogP contribution < -0.4 is 10.5 Å². The van der Waals surface area contributed by atoms with Gasteiger partial charge >= 0.3 is 0 Å². The molecular weight excluding hydrogens is 370 g/mol. The maximum Gasteiger partial charge on any atom is 0.269 e.